The zero-order valence-corrected chi connectivity index (χ0v) is 13.4. The van der Waals surface area contributed by atoms with E-state index in [-0.39, 0.29) is 11.8 Å². The van der Waals surface area contributed by atoms with Gasteiger partial charge in [-0.25, -0.2) is 0 Å². The third-order valence-electron chi connectivity index (χ3n) is 3.40. The normalized spacial score (nSPS) is 12.4. The van der Waals surface area contributed by atoms with Crippen molar-refractivity contribution in [3.05, 3.63) is 26.7 Å². The van der Waals surface area contributed by atoms with Gasteiger partial charge in [0.15, 0.2) is 5.78 Å². The molecule has 0 aliphatic heterocycles. The van der Waals surface area contributed by atoms with Crippen LogP contribution in [-0.4, -0.2) is 19.9 Å². The Morgan fingerprint density at radius 3 is 2.17 bits per heavy atom. The van der Waals surface area contributed by atoms with E-state index in [2.05, 4.69) is 21.2 Å². The van der Waals surface area contributed by atoms with Crippen LogP contribution >= 0.6 is 15.9 Å². The summed E-state index contributed by atoms with van der Waals surface area (Å²) in [5.74, 6) is 0.872. The minimum absolute atomic E-state index is 0.0778. The van der Waals surface area contributed by atoms with Crippen molar-refractivity contribution in [2.75, 3.05) is 14.2 Å². The molecule has 1 aromatic carbocycles. The second kappa shape index (κ2) is 5.85. The highest BCUT2D eigenvalue weighted by atomic mass is 79.9. The van der Waals surface area contributed by atoms with E-state index in [1.165, 1.54) is 0 Å². The molecule has 0 spiro atoms. The summed E-state index contributed by atoms with van der Waals surface area (Å²) in [5.41, 5.74) is 4.17. The molecule has 100 valence electrons. The van der Waals surface area contributed by atoms with E-state index >= 15 is 0 Å². The first-order valence-corrected chi connectivity index (χ1v) is 6.66. The smallest absolute Gasteiger partial charge is 0.151 e. The lowest BCUT2D eigenvalue weighted by molar-refractivity contribution is -0.119. The number of carbonyl (C=O) groups excluding carboxylic acids is 1. The van der Waals surface area contributed by atoms with Crippen LogP contribution in [0.15, 0.2) is 4.47 Å². The summed E-state index contributed by atoms with van der Waals surface area (Å²) >= 11 is 3.60. The topological polar surface area (TPSA) is 38.3 Å². The SMILES string of the molecule is CNC(C(C)=O)c1c(C)c(Br)c(C)c(C)c1OC. The number of nitrogens with one attached hydrogen (secondary N) is 1. The van der Waals surface area contributed by atoms with Gasteiger partial charge in [-0.15, -0.1) is 0 Å². The van der Waals surface area contributed by atoms with Crippen molar-refractivity contribution in [2.45, 2.75) is 33.7 Å². The average molecular weight is 314 g/mol. The van der Waals surface area contributed by atoms with Gasteiger partial charge in [0.25, 0.3) is 0 Å². The molecule has 0 radical (unpaired) electrons. The molecule has 0 aromatic heterocycles. The number of hydrogen-bond acceptors (Lipinski definition) is 3. The largest absolute Gasteiger partial charge is 0.496 e. The van der Waals surface area contributed by atoms with Gasteiger partial charge in [-0.2, -0.15) is 0 Å². The number of rotatable bonds is 4. The average Bonchev–Trinajstić information content (AvgIpc) is 2.33. The van der Waals surface area contributed by atoms with Crippen LogP contribution in [0.25, 0.3) is 0 Å². The molecular weight excluding hydrogens is 294 g/mol. The molecule has 0 saturated carbocycles. The molecule has 0 aliphatic carbocycles. The summed E-state index contributed by atoms with van der Waals surface area (Å²) in [6, 6.07) is -0.337. The van der Waals surface area contributed by atoms with Crippen LogP contribution in [0, 0.1) is 20.8 Å². The predicted octanol–water partition coefficient (Wildman–Crippen LogP) is 3.23. The highest BCUT2D eigenvalue weighted by molar-refractivity contribution is 9.10. The fourth-order valence-electron chi connectivity index (χ4n) is 2.27. The van der Waals surface area contributed by atoms with Crippen molar-refractivity contribution >= 4 is 21.7 Å². The number of carbonyl (C=O) groups is 1. The minimum atomic E-state index is -0.337. The molecule has 0 saturated heterocycles. The third kappa shape index (κ3) is 2.45. The zero-order chi connectivity index (χ0) is 14.0. The molecule has 1 aromatic rings. The molecule has 0 heterocycles. The van der Waals surface area contributed by atoms with Gasteiger partial charge in [0, 0.05) is 10.0 Å². The lowest BCUT2D eigenvalue weighted by Crippen LogP contribution is -2.25. The van der Waals surface area contributed by atoms with E-state index in [1.54, 1.807) is 21.1 Å². The Bertz CT molecular complexity index is 483. The van der Waals surface area contributed by atoms with Crippen molar-refractivity contribution < 1.29 is 9.53 Å². The van der Waals surface area contributed by atoms with Crippen LogP contribution in [0.2, 0.25) is 0 Å². The van der Waals surface area contributed by atoms with Crippen LogP contribution in [-0.2, 0) is 4.79 Å². The molecule has 18 heavy (non-hydrogen) atoms. The summed E-state index contributed by atoms with van der Waals surface area (Å²) in [6.45, 7) is 7.64. The zero-order valence-electron chi connectivity index (χ0n) is 11.8. The highest BCUT2D eigenvalue weighted by Gasteiger charge is 2.25. The number of ketones is 1. The maximum Gasteiger partial charge on any atom is 0.151 e. The maximum absolute atomic E-state index is 11.8. The van der Waals surface area contributed by atoms with Gasteiger partial charge in [0.2, 0.25) is 0 Å². The van der Waals surface area contributed by atoms with Crippen LogP contribution in [0.4, 0.5) is 0 Å². The molecule has 0 aliphatic rings. The molecule has 1 unspecified atom stereocenters. The van der Waals surface area contributed by atoms with Gasteiger partial charge >= 0.3 is 0 Å². The highest BCUT2D eigenvalue weighted by Crippen LogP contribution is 2.39. The van der Waals surface area contributed by atoms with Gasteiger partial charge in [0.1, 0.15) is 5.75 Å². The summed E-state index contributed by atoms with van der Waals surface area (Å²) in [4.78, 5) is 11.8. The second-order valence-corrected chi connectivity index (χ2v) is 5.26. The maximum atomic E-state index is 11.8. The summed E-state index contributed by atoms with van der Waals surface area (Å²) in [7, 11) is 3.43. The number of methoxy groups -OCH3 is 1. The van der Waals surface area contributed by atoms with Gasteiger partial charge in [0.05, 0.1) is 13.2 Å². The lowest BCUT2D eigenvalue weighted by atomic mass is 9.92. The Labute approximate surface area is 117 Å². The van der Waals surface area contributed by atoms with Gasteiger partial charge in [-0.1, -0.05) is 15.9 Å². The van der Waals surface area contributed by atoms with Crippen LogP contribution < -0.4 is 10.1 Å². The van der Waals surface area contributed by atoms with E-state index in [0.29, 0.717) is 0 Å². The van der Waals surface area contributed by atoms with Gasteiger partial charge in [-0.3, -0.25) is 4.79 Å². The number of halogens is 1. The van der Waals surface area contributed by atoms with Crippen LogP contribution in [0.3, 0.4) is 0 Å². The Kier molecular flexibility index (Phi) is 4.93. The van der Waals surface area contributed by atoms with E-state index in [1.807, 2.05) is 20.8 Å². The Morgan fingerprint density at radius 2 is 1.78 bits per heavy atom. The van der Waals surface area contributed by atoms with Crippen LogP contribution in [0.5, 0.6) is 5.75 Å². The summed E-state index contributed by atoms with van der Waals surface area (Å²) in [5, 5.41) is 3.06. The molecule has 3 nitrogen and oxygen atoms in total. The number of Topliss-reactive ketones (excluding diaryl/α,β-unsaturated/α-hetero) is 1. The van der Waals surface area contributed by atoms with Crippen molar-refractivity contribution in [2.24, 2.45) is 0 Å². The lowest BCUT2D eigenvalue weighted by Gasteiger charge is -2.23. The van der Waals surface area contributed by atoms with E-state index < -0.39 is 0 Å². The van der Waals surface area contributed by atoms with Gasteiger partial charge in [-0.05, 0) is 51.4 Å². The number of likely N-dealkylation sites (N-methyl/N-ethyl adjacent to an activating group) is 1. The predicted molar refractivity (Wildman–Crippen MR) is 77.4 cm³/mol. The number of hydrogen-bond donors (Lipinski definition) is 1. The molecule has 1 N–H and O–H groups in total. The fraction of sp³-hybridized carbons (Fsp3) is 0.500. The van der Waals surface area contributed by atoms with Crippen molar-refractivity contribution in [3.63, 3.8) is 0 Å². The molecule has 1 rings (SSSR count). The monoisotopic (exact) mass is 313 g/mol. The first kappa shape index (κ1) is 15.2. The Balaban J connectivity index is 3.65. The minimum Gasteiger partial charge on any atom is -0.496 e. The van der Waals surface area contributed by atoms with Crippen molar-refractivity contribution in [3.8, 4) is 5.75 Å². The molecule has 0 amide bonds. The standard InChI is InChI=1S/C14H20BrNO2/c1-7-8(2)14(18-6)11(9(3)12(7)15)13(16-5)10(4)17/h13,16H,1-6H3. The van der Waals surface area contributed by atoms with Crippen LogP contribution in [0.1, 0.15) is 35.2 Å². The molecule has 1 atom stereocenters. The Hall–Kier alpha value is -0.870. The first-order chi connectivity index (χ1) is 8.36. The van der Waals surface area contributed by atoms with Crippen molar-refractivity contribution in [1.82, 2.24) is 5.32 Å². The summed E-state index contributed by atoms with van der Waals surface area (Å²) < 4.78 is 6.55. The number of benzene rings is 1. The first-order valence-electron chi connectivity index (χ1n) is 5.87. The fourth-order valence-corrected chi connectivity index (χ4v) is 2.78. The quantitative estimate of drug-likeness (QED) is 0.927. The van der Waals surface area contributed by atoms with Gasteiger partial charge < -0.3 is 10.1 Å². The van der Waals surface area contributed by atoms with Crippen molar-refractivity contribution in [1.29, 1.82) is 0 Å². The van der Waals surface area contributed by atoms with E-state index in [0.717, 1.165) is 32.5 Å². The van der Waals surface area contributed by atoms with E-state index in [9.17, 15) is 4.79 Å². The second-order valence-electron chi connectivity index (χ2n) is 4.47. The Morgan fingerprint density at radius 1 is 1.22 bits per heavy atom. The third-order valence-corrected chi connectivity index (χ3v) is 4.59. The molecule has 0 bridgehead atoms. The molecular formula is C14H20BrNO2. The molecule has 4 heteroatoms. The summed E-state index contributed by atoms with van der Waals surface area (Å²) in [6.07, 6.45) is 0. The number of ether oxygens (including phenoxy) is 1. The molecule has 0 fully saturated rings. The van der Waals surface area contributed by atoms with E-state index in [4.69, 9.17) is 4.74 Å².